The number of rotatable bonds is 2. The summed E-state index contributed by atoms with van der Waals surface area (Å²) in [5, 5.41) is 0. The van der Waals surface area contributed by atoms with Crippen LogP contribution >= 0.6 is 0 Å². The van der Waals surface area contributed by atoms with Gasteiger partial charge in [-0.05, 0) is 68.7 Å². The molecule has 2 aliphatic heterocycles. The van der Waals surface area contributed by atoms with E-state index in [1.165, 1.54) is 45.3 Å². The highest BCUT2D eigenvalue weighted by Crippen LogP contribution is 2.67. The molecule has 5 rings (SSSR count). The Labute approximate surface area is 123 Å². The van der Waals surface area contributed by atoms with Crippen LogP contribution in [-0.2, 0) is 0 Å². The van der Waals surface area contributed by atoms with Crippen molar-refractivity contribution in [1.29, 1.82) is 0 Å². The second-order valence-corrected chi connectivity index (χ2v) is 8.38. The summed E-state index contributed by atoms with van der Waals surface area (Å²) in [6.45, 7) is 6.61. The molecule has 0 amide bonds. The quantitative estimate of drug-likeness (QED) is 0.764. The second-order valence-electron chi connectivity index (χ2n) is 8.38. The molecule has 6 atom stereocenters. The molecule has 0 radical (unpaired) electrons. The van der Waals surface area contributed by atoms with Gasteiger partial charge in [0.25, 0.3) is 0 Å². The number of nitrogens with zero attached hydrogens (tertiary/aromatic N) is 2. The molecule has 0 spiro atoms. The van der Waals surface area contributed by atoms with Crippen molar-refractivity contribution in [2.75, 3.05) is 19.6 Å². The number of piperazine rings is 1. The molecule has 2 saturated heterocycles. The van der Waals surface area contributed by atoms with Gasteiger partial charge < -0.3 is 0 Å². The summed E-state index contributed by atoms with van der Waals surface area (Å²) in [6.07, 6.45) is 10.5. The summed E-state index contributed by atoms with van der Waals surface area (Å²) >= 11 is 0. The van der Waals surface area contributed by atoms with Crippen molar-refractivity contribution in [3.8, 4) is 0 Å². The Hall–Kier alpha value is -0.0800. The van der Waals surface area contributed by atoms with Gasteiger partial charge in [0.15, 0.2) is 0 Å². The van der Waals surface area contributed by atoms with Gasteiger partial charge in [0.2, 0.25) is 0 Å². The Kier molecular flexibility index (Phi) is 2.78. The van der Waals surface area contributed by atoms with E-state index in [4.69, 9.17) is 0 Å². The van der Waals surface area contributed by atoms with E-state index in [9.17, 15) is 0 Å². The maximum atomic E-state index is 3.02. The summed E-state index contributed by atoms with van der Waals surface area (Å²) in [6, 6.07) is 2.81. The highest BCUT2D eigenvalue weighted by molar-refractivity contribution is 5.18. The minimum absolute atomic E-state index is 0.874. The maximum Gasteiger partial charge on any atom is 0.0224 e. The average Bonchev–Trinajstić information content (AvgIpc) is 2.92. The first-order chi connectivity index (χ1) is 9.86. The fraction of sp³-hybridized carbons (Fsp3) is 1.00. The first-order valence-corrected chi connectivity index (χ1v) is 9.36. The lowest BCUT2D eigenvalue weighted by Gasteiger charge is -2.49. The number of fused-ring (bicyclic) bond motifs is 6. The molecule has 0 N–H and O–H groups in total. The molecule has 6 unspecified atom stereocenters. The molecule has 3 saturated carbocycles. The van der Waals surface area contributed by atoms with Gasteiger partial charge in [0, 0.05) is 31.2 Å². The van der Waals surface area contributed by atoms with Gasteiger partial charge >= 0.3 is 0 Å². The molecule has 2 heteroatoms. The van der Waals surface area contributed by atoms with Crippen LogP contribution in [0.1, 0.15) is 51.9 Å². The molecule has 2 bridgehead atoms. The number of piperidine rings is 1. The summed E-state index contributed by atoms with van der Waals surface area (Å²) in [5.74, 6) is 4.55. The third kappa shape index (κ3) is 1.64. The fourth-order valence-electron chi connectivity index (χ4n) is 6.73. The highest BCUT2D eigenvalue weighted by atomic mass is 15.3. The number of hydrogen-bond acceptors (Lipinski definition) is 2. The molecular formula is C18H30N2. The van der Waals surface area contributed by atoms with Gasteiger partial charge in [-0.25, -0.2) is 0 Å². The van der Waals surface area contributed by atoms with E-state index in [1.54, 1.807) is 19.3 Å². The van der Waals surface area contributed by atoms with Gasteiger partial charge in [0.05, 0.1) is 0 Å². The van der Waals surface area contributed by atoms with Crippen LogP contribution in [0.25, 0.3) is 0 Å². The molecule has 0 aromatic heterocycles. The van der Waals surface area contributed by atoms with Crippen LogP contribution in [0.5, 0.6) is 0 Å². The Morgan fingerprint density at radius 2 is 1.75 bits per heavy atom. The molecule has 112 valence electrons. The van der Waals surface area contributed by atoms with Crippen molar-refractivity contribution in [3.63, 3.8) is 0 Å². The lowest BCUT2D eigenvalue weighted by atomic mass is 9.94. The van der Waals surface area contributed by atoms with Crippen LogP contribution in [0.3, 0.4) is 0 Å². The molecular weight excluding hydrogens is 244 g/mol. The monoisotopic (exact) mass is 274 g/mol. The van der Waals surface area contributed by atoms with Gasteiger partial charge in [0.1, 0.15) is 0 Å². The van der Waals surface area contributed by atoms with Crippen molar-refractivity contribution < 1.29 is 0 Å². The Balaban J connectivity index is 1.35. The van der Waals surface area contributed by atoms with Gasteiger partial charge in [-0.3, -0.25) is 9.80 Å². The summed E-state index contributed by atoms with van der Waals surface area (Å²) < 4.78 is 0. The van der Waals surface area contributed by atoms with Crippen LogP contribution in [-0.4, -0.2) is 47.6 Å². The molecule has 2 heterocycles. The first kappa shape index (κ1) is 12.5. The molecule has 20 heavy (non-hydrogen) atoms. The van der Waals surface area contributed by atoms with E-state index in [0.717, 1.165) is 41.8 Å². The second kappa shape index (κ2) is 4.46. The average molecular weight is 274 g/mol. The van der Waals surface area contributed by atoms with Gasteiger partial charge in [-0.2, -0.15) is 0 Å². The Morgan fingerprint density at radius 1 is 0.950 bits per heavy atom. The topological polar surface area (TPSA) is 6.48 Å². The zero-order valence-corrected chi connectivity index (χ0v) is 13.0. The van der Waals surface area contributed by atoms with E-state index in [0.29, 0.717) is 0 Å². The fourth-order valence-corrected chi connectivity index (χ4v) is 6.73. The molecule has 3 aliphatic carbocycles. The minimum atomic E-state index is 0.874. The van der Waals surface area contributed by atoms with E-state index in [2.05, 4.69) is 16.7 Å². The Bertz CT molecular complexity index is 379. The highest BCUT2D eigenvalue weighted by Gasteiger charge is 2.67. The standard InChI is InChI=1S/C18H30N2/c1-2-14-10-19-8-4-3-5-15(19)11-20(14)18-16-12-6-7-13(9-12)17(16)18/h12-18H,2-11H2,1H3. The van der Waals surface area contributed by atoms with E-state index in [1.807, 2.05) is 0 Å². The summed E-state index contributed by atoms with van der Waals surface area (Å²) in [7, 11) is 0. The van der Waals surface area contributed by atoms with Crippen LogP contribution in [0.4, 0.5) is 0 Å². The molecule has 0 aromatic carbocycles. The molecule has 2 nitrogen and oxygen atoms in total. The van der Waals surface area contributed by atoms with E-state index < -0.39 is 0 Å². The smallest absolute Gasteiger partial charge is 0.0224 e. The first-order valence-electron chi connectivity index (χ1n) is 9.36. The maximum absolute atomic E-state index is 3.02. The third-order valence-electron chi connectivity index (χ3n) is 7.63. The Morgan fingerprint density at radius 3 is 2.50 bits per heavy atom. The normalized spacial score (nSPS) is 54.8. The molecule has 5 fully saturated rings. The van der Waals surface area contributed by atoms with Gasteiger partial charge in [-0.1, -0.05) is 13.3 Å². The summed E-state index contributed by atoms with van der Waals surface area (Å²) in [4.78, 5) is 5.85. The van der Waals surface area contributed by atoms with E-state index >= 15 is 0 Å². The van der Waals surface area contributed by atoms with Crippen molar-refractivity contribution in [1.82, 2.24) is 9.80 Å². The molecule has 5 aliphatic rings. The zero-order chi connectivity index (χ0) is 13.3. The lowest BCUT2D eigenvalue weighted by Crippen LogP contribution is -2.60. The lowest BCUT2D eigenvalue weighted by molar-refractivity contribution is -0.00491. The van der Waals surface area contributed by atoms with Crippen LogP contribution in [0.15, 0.2) is 0 Å². The van der Waals surface area contributed by atoms with Crippen molar-refractivity contribution in [3.05, 3.63) is 0 Å². The van der Waals surface area contributed by atoms with Gasteiger partial charge in [-0.15, -0.1) is 0 Å². The molecule has 0 aromatic rings. The summed E-state index contributed by atoms with van der Waals surface area (Å²) in [5.41, 5.74) is 0. The zero-order valence-electron chi connectivity index (χ0n) is 13.0. The predicted molar refractivity (Wildman–Crippen MR) is 81.6 cm³/mol. The third-order valence-corrected chi connectivity index (χ3v) is 7.63. The van der Waals surface area contributed by atoms with Crippen molar-refractivity contribution in [2.24, 2.45) is 23.7 Å². The largest absolute Gasteiger partial charge is 0.298 e. The predicted octanol–water partition coefficient (Wildman–Crippen LogP) is 2.98. The number of hydrogen-bond donors (Lipinski definition) is 0. The van der Waals surface area contributed by atoms with Crippen molar-refractivity contribution in [2.45, 2.75) is 70.0 Å². The van der Waals surface area contributed by atoms with Crippen molar-refractivity contribution >= 4 is 0 Å². The van der Waals surface area contributed by atoms with Crippen LogP contribution in [0.2, 0.25) is 0 Å². The van der Waals surface area contributed by atoms with Crippen LogP contribution < -0.4 is 0 Å². The van der Waals surface area contributed by atoms with E-state index in [-0.39, 0.29) is 0 Å². The van der Waals surface area contributed by atoms with Crippen LogP contribution in [0, 0.1) is 23.7 Å². The SMILES string of the molecule is CCC1CN2CCCCC2CN1C1C2C3CCC(C3)C21. The minimum Gasteiger partial charge on any atom is -0.298 e.